The molecule has 0 radical (unpaired) electrons. The number of anilines is 1. The zero-order valence-electron chi connectivity index (χ0n) is 16.2. The number of rotatable bonds is 7. The minimum Gasteiger partial charge on any atom is -0.324 e. The lowest BCUT2D eigenvalue weighted by Crippen LogP contribution is -2.44. The monoisotopic (exact) mass is 419 g/mol. The molecule has 0 saturated carbocycles. The number of urea groups is 1. The van der Waals surface area contributed by atoms with Crippen molar-refractivity contribution in [1.82, 2.24) is 10.2 Å². The van der Waals surface area contributed by atoms with Gasteiger partial charge in [0.25, 0.3) is 5.91 Å². The molecule has 1 saturated heterocycles. The van der Waals surface area contributed by atoms with Gasteiger partial charge in [-0.1, -0.05) is 31.9 Å². The smallest absolute Gasteiger partial charge is 0.324 e. The van der Waals surface area contributed by atoms with E-state index < -0.39 is 47.4 Å². The second-order valence-electron chi connectivity index (χ2n) is 7.01. The van der Waals surface area contributed by atoms with Crippen molar-refractivity contribution in [2.75, 3.05) is 11.9 Å². The summed E-state index contributed by atoms with van der Waals surface area (Å²) >= 11 is 0. The van der Waals surface area contributed by atoms with Crippen molar-refractivity contribution < 1.29 is 27.6 Å². The van der Waals surface area contributed by atoms with E-state index in [-0.39, 0.29) is 12.1 Å². The van der Waals surface area contributed by atoms with E-state index in [0.29, 0.717) is 12.0 Å². The van der Waals surface area contributed by atoms with E-state index in [2.05, 4.69) is 10.6 Å². The molecule has 1 heterocycles. The van der Waals surface area contributed by atoms with Crippen LogP contribution in [0.3, 0.4) is 0 Å². The number of imide groups is 1. The Hall–Kier alpha value is -3.36. The second-order valence-corrected chi connectivity index (χ2v) is 7.01. The molecule has 9 heteroatoms. The first-order valence-corrected chi connectivity index (χ1v) is 9.42. The summed E-state index contributed by atoms with van der Waals surface area (Å²) < 4.78 is 39.7. The molecule has 30 heavy (non-hydrogen) atoms. The van der Waals surface area contributed by atoms with Crippen LogP contribution in [0.15, 0.2) is 42.5 Å². The van der Waals surface area contributed by atoms with Gasteiger partial charge in [0.15, 0.2) is 11.6 Å². The summed E-state index contributed by atoms with van der Waals surface area (Å²) in [6.45, 7) is 1.31. The number of benzene rings is 2. The average molecular weight is 419 g/mol. The van der Waals surface area contributed by atoms with Gasteiger partial charge in [-0.05, 0) is 36.2 Å². The highest BCUT2D eigenvalue weighted by Gasteiger charge is 2.52. The largest absolute Gasteiger partial charge is 0.325 e. The fourth-order valence-electron chi connectivity index (χ4n) is 3.37. The van der Waals surface area contributed by atoms with E-state index in [0.717, 1.165) is 29.5 Å². The Morgan fingerprint density at radius 2 is 1.77 bits per heavy atom. The zero-order valence-corrected chi connectivity index (χ0v) is 16.2. The van der Waals surface area contributed by atoms with Crippen LogP contribution in [0.25, 0.3) is 0 Å². The number of hydrogen-bond acceptors (Lipinski definition) is 3. The van der Waals surface area contributed by atoms with Crippen LogP contribution >= 0.6 is 0 Å². The predicted octanol–water partition coefficient (Wildman–Crippen LogP) is 3.68. The van der Waals surface area contributed by atoms with Gasteiger partial charge in [-0.3, -0.25) is 14.5 Å². The van der Waals surface area contributed by atoms with Crippen molar-refractivity contribution in [3.8, 4) is 0 Å². The number of halogens is 3. The third kappa shape index (κ3) is 4.14. The molecule has 2 aromatic rings. The zero-order chi connectivity index (χ0) is 21.9. The Kier molecular flexibility index (Phi) is 6.09. The molecule has 1 aliphatic rings. The summed E-state index contributed by atoms with van der Waals surface area (Å²) in [5, 5.41) is 4.98. The van der Waals surface area contributed by atoms with E-state index in [4.69, 9.17) is 0 Å². The summed E-state index contributed by atoms with van der Waals surface area (Å²) in [4.78, 5) is 38.8. The van der Waals surface area contributed by atoms with Gasteiger partial charge in [0.2, 0.25) is 5.91 Å². The van der Waals surface area contributed by atoms with Crippen molar-refractivity contribution in [3.63, 3.8) is 0 Å². The van der Waals surface area contributed by atoms with Crippen LogP contribution in [0.2, 0.25) is 0 Å². The van der Waals surface area contributed by atoms with Crippen molar-refractivity contribution in [1.29, 1.82) is 0 Å². The lowest BCUT2D eigenvalue weighted by Gasteiger charge is -2.27. The maximum Gasteiger partial charge on any atom is 0.325 e. The van der Waals surface area contributed by atoms with Gasteiger partial charge in [0.05, 0.1) is 0 Å². The van der Waals surface area contributed by atoms with Gasteiger partial charge in [-0.25, -0.2) is 18.0 Å². The molecule has 2 aromatic carbocycles. The maximum absolute atomic E-state index is 13.3. The first-order chi connectivity index (χ1) is 14.3. The highest BCUT2D eigenvalue weighted by atomic mass is 19.2. The lowest BCUT2D eigenvalue weighted by molar-refractivity contribution is -0.134. The molecular formula is C21H20F3N3O3. The quantitative estimate of drug-likeness (QED) is 0.672. The van der Waals surface area contributed by atoms with Crippen LogP contribution in [-0.4, -0.2) is 29.3 Å². The minimum absolute atomic E-state index is 0.0123. The third-order valence-corrected chi connectivity index (χ3v) is 4.92. The van der Waals surface area contributed by atoms with Gasteiger partial charge >= 0.3 is 6.03 Å². The highest BCUT2D eigenvalue weighted by molar-refractivity contribution is 6.10. The normalized spacial score (nSPS) is 18.5. The summed E-state index contributed by atoms with van der Waals surface area (Å²) in [6.07, 6.45) is 1.64. The molecular weight excluding hydrogens is 399 g/mol. The maximum atomic E-state index is 13.3. The van der Waals surface area contributed by atoms with Gasteiger partial charge < -0.3 is 10.6 Å². The molecule has 2 N–H and O–H groups in total. The Balaban J connectivity index is 1.81. The highest BCUT2D eigenvalue weighted by Crippen LogP contribution is 2.34. The predicted molar refractivity (Wildman–Crippen MR) is 103 cm³/mol. The van der Waals surface area contributed by atoms with Crippen LogP contribution < -0.4 is 10.6 Å². The molecule has 0 aliphatic carbocycles. The molecule has 4 amide bonds. The fraction of sp³-hybridized carbons (Fsp3) is 0.286. The van der Waals surface area contributed by atoms with Crippen molar-refractivity contribution in [3.05, 3.63) is 65.5 Å². The van der Waals surface area contributed by atoms with Crippen LogP contribution in [0.4, 0.5) is 23.7 Å². The SMILES string of the molecule is CCCCC1(c2ccc(F)cc2)NC(=O)N(CC(=O)Nc2ccc(F)c(F)c2)C1=O. The Morgan fingerprint density at radius 3 is 2.40 bits per heavy atom. The Labute approximate surface area is 171 Å². The minimum atomic E-state index is -1.40. The lowest BCUT2D eigenvalue weighted by atomic mass is 9.85. The number of carbonyl (C=O) groups excluding carboxylic acids is 3. The molecule has 158 valence electrons. The van der Waals surface area contributed by atoms with Gasteiger partial charge in [-0.15, -0.1) is 0 Å². The second kappa shape index (κ2) is 8.56. The average Bonchev–Trinajstić information content (AvgIpc) is 2.95. The van der Waals surface area contributed by atoms with E-state index >= 15 is 0 Å². The third-order valence-electron chi connectivity index (χ3n) is 4.92. The molecule has 1 aliphatic heterocycles. The van der Waals surface area contributed by atoms with E-state index in [1.54, 1.807) is 0 Å². The number of nitrogens with zero attached hydrogens (tertiary/aromatic N) is 1. The van der Waals surface area contributed by atoms with Gasteiger partial charge in [0, 0.05) is 11.8 Å². The van der Waals surface area contributed by atoms with E-state index in [9.17, 15) is 27.6 Å². The van der Waals surface area contributed by atoms with Crippen molar-refractivity contribution >= 4 is 23.5 Å². The molecule has 0 aromatic heterocycles. The molecule has 0 spiro atoms. The standard InChI is InChI=1S/C21H20F3N3O3/c1-2-3-10-21(13-4-6-14(22)7-5-13)19(29)27(20(30)26-21)12-18(28)25-15-8-9-16(23)17(24)11-15/h4-9,11H,2-3,10,12H2,1H3,(H,25,28)(H,26,30). The van der Waals surface area contributed by atoms with Crippen LogP contribution in [0.1, 0.15) is 31.7 Å². The number of hydrogen-bond donors (Lipinski definition) is 2. The first-order valence-electron chi connectivity index (χ1n) is 9.42. The summed E-state index contributed by atoms with van der Waals surface area (Å²) in [5.74, 6) is -4.08. The molecule has 6 nitrogen and oxygen atoms in total. The number of unbranched alkanes of at least 4 members (excludes halogenated alkanes) is 1. The summed E-state index contributed by atoms with van der Waals surface area (Å²) in [7, 11) is 0. The molecule has 0 bridgehead atoms. The molecule has 1 atom stereocenters. The molecule has 1 fully saturated rings. The molecule has 1 unspecified atom stereocenters. The van der Waals surface area contributed by atoms with E-state index in [1.165, 1.54) is 24.3 Å². The van der Waals surface area contributed by atoms with Crippen molar-refractivity contribution in [2.24, 2.45) is 0 Å². The van der Waals surface area contributed by atoms with Gasteiger partial charge in [0.1, 0.15) is 17.9 Å². The molecule has 3 rings (SSSR count). The first kappa shape index (κ1) is 21.4. The summed E-state index contributed by atoms with van der Waals surface area (Å²) in [6, 6.07) is 7.28. The number of amides is 4. The topological polar surface area (TPSA) is 78.5 Å². The van der Waals surface area contributed by atoms with Crippen molar-refractivity contribution in [2.45, 2.75) is 31.7 Å². The van der Waals surface area contributed by atoms with Crippen LogP contribution in [0.5, 0.6) is 0 Å². The van der Waals surface area contributed by atoms with Gasteiger partial charge in [-0.2, -0.15) is 0 Å². The Morgan fingerprint density at radius 1 is 1.07 bits per heavy atom. The number of carbonyl (C=O) groups is 3. The van der Waals surface area contributed by atoms with Crippen LogP contribution in [-0.2, 0) is 15.1 Å². The fourth-order valence-corrected chi connectivity index (χ4v) is 3.37. The Bertz CT molecular complexity index is 981. The van der Waals surface area contributed by atoms with E-state index in [1.807, 2.05) is 6.92 Å². The van der Waals surface area contributed by atoms with Crippen LogP contribution in [0, 0.1) is 17.5 Å². The summed E-state index contributed by atoms with van der Waals surface area (Å²) in [5.41, 5.74) is -0.996. The number of nitrogens with one attached hydrogen (secondary N) is 2.